The normalized spacial score (nSPS) is 18.5. The molecule has 1 saturated heterocycles. The van der Waals surface area contributed by atoms with Crippen LogP contribution in [0.4, 0.5) is 13.2 Å². The standard InChI is InChI=1S/C15H20F3NO2S/c1-2-3-12-8-10-19(11-9-12)22(20,21)14-6-4-13(5-7-14)15(16,17)18/h4-7,12H,2-3,8-11H2,1H3. The van der Waals surface area contributed by atoms with Crippen molar-refractivity contribution in [3.05, 3.63) is 29.8 Å². The maximum Gasteiger partial charge on any atom is 0.416 e. The predicted octanol–water partition coefficient (Wildman–Crippen LogP) is 3.91. The second kappa shape index (κ2) is 6.58. The van der Waals surface area contributed by atoms with E-state index in [4.69, 9.17) is 0 Å². The van der Waals surface area contributed by atoms with Gasteiger partial charge in [0, 0.05) is 13.1 Å². The molecule has 1 aliphatic heterocycles. The lowest BCUT2D eigenvalue weighted by molar-refractivity contribution is -0.137. The zero-order chi connectivity index (χ0) is 16.4. The first-order valence-electron chi connectivity index (χ1n) is 7.42. The number of rotatable bonds is 4. The van der Waals surface area contributed by atoms with Crippen LogP contribution in [0.1, 0.15) is 38.2 Å². The van der Waals surface area contributed by atoms with Crippen LogP contribution in [0.25, 0.3) is 0 Å². The molecule has 0 aliphatic carbocycles. The van der Waals surface area contributed by atoms with Crippen LogP contribution in [0, 0.1) is 5.92 Å². The van der Waals surface area contributed by atoms with E-state index >= 15 is 0 Å². The van der Waals surface area contributed by atoms with Crippen LogP contribution in [0.3, 0.4) is 0 Å². The molecule has 1 aromatic carbocycles. The van der Waals surface area contributed by atoms with Gasteiger partial charge in [-0.25, -0.2) is 8.42 Å². The lowest BCUT2D eigenvalue weighted by atomic mass is 9.94. The summed E-state index contributed by atoms with van der Waals surface area (Å²) < 4.78 is 63.9. The molecule has 0 aromatic heterocycles. The predicted molar refractivity (Wildman–Crippen MR) is 77.8 cm³/mol. The number of sulfonamides is 1. The Morgan fingerprint density at radius 2 is 1.68 bits per heavy atom. The number of hydrogen-bond acceptors (Lipinski definition) is 2. The van der Waals surface area contributed by atoms with Crippen LogP contribution >= 0.6 is 0 Å². The number of hydrogen-bond donors (Lipinski definition) is 0. The Balaban J connectivity index is 2.11. The van der Waals surface area contributed by atoms with Gasteiger partial charge in [-0.1, -0.05) is 19.8 Å². The summed E-state index contributed by atoms with van der Waals surface area (Å²) in [5.41, 5.74) is -0.840. The molecule has 3 nitrogen and oxygen atoms in total. The molecule has 2 rings (SSSR count). The Bertz CT molecular complexity index is 588. The first-order valence-corrected chi connectivity index (χ1v) is 8.86. The second-order valence-electron chi connectivity index (χ2n) is 5.66. The van der Waals surface area contributed by atoms with E-state index in [2.05, 4.69) is 6.92 Å². The van der Waals surface area contributed by atoms with Gasteiger partial charge in [0.25, 0.3) is 0 Å². The highest BCUT2D eigenvalue weighted by Gasteiger charge is 2.32. The largest absolute Gasteiger partial charge is 0.416 e. The summed E-state index contributed by atoms with van der Waals surface area (Å²) in [5, 5.41) is 0. The van der Waals surface area contributed by atoms with E-state index in [1.807, 2.05) is 0 Å². The molecule has 1 aliphatic rings. The molecular weight excluding hydrogens is 315 g/mol. The van der Waals surface area contributed by atoms with Crippen molar-refractivity contribution in [3.63, 3.8) is 0 Å². The highest BCUT2D eigenvalue weighted by molar-refractivity contribution is 7.89. The van der Waals surface area contributed by atoms with Crippen LogP contribution in [-0.4, -0.2) is 25.8 Å². The molecule has 0 unspecified atom stereocenters. The first-order chi connectivity index (χ1) is 10.2. The Kier molecular flexibility index (Phi) is 5.17. The van der Waals surface area contributed by atoms with E-state index in [-0.39, 0.29) is 4.90 Å². The summed E-state index contributed by atoms with van der Waals surface area (Å²) in [6.07, 6.45) is -0.660. The zero-order valence-corrected chi connectivity index (χ0v) is 13.3. The summed E-state index contributed by atoms with van der Waals surface area (Å²) in [5.74, 6) is 0.545. The van der Waals surface area contributed by atoms with Crippen molar-refractivity contribution in [2.75, 3.05) is 13.1 Å². The molecule has 22 heavy (non-hydrogen) atoms. The van der Waals surface area contributed by atoms with E-state index in [0.29, 0.717) is 19.0 Å². The van der Waals surface area contributed by atoms with E-state index in [1.165, 1.54) is 4.31 Å². The van der Waals surface area contributed by atoms with Crippen molar-refractivity contribution >= 4 is 10.0 Å². The molecular formula is C15H20F3NO2S. The van der Waals surface area contributed by atoms with Crippen LogP contribution in [0.15, 0.2) is 29.2 Å². The van der Waals surface area contributed by atoms with Crippen molar-refractivity contribution in [1.29, 1.82) is 0 Å². The van der Waals surface area contributed by atoms with Crippen molar-refractivity contribution < 1.29 is 21.6 Å². The first kappa shape index (κ1) is 17.3. The fourth-order valence-corrected chi connectivity index (χ4v) is 4.28. The minimum Gasteiger partial charge on any atom is -0.207 e. The quantitative estimate of drug-likeness (QED) is 0.837. The van der Waals surface area contributed by atoms with Crippen LogP contribution < -0.4 is 0 Å². The van der Waals surface area contributed by atoms with Gasteiger partial charge < -0.3 is 0 Å². The summed E-state index contributed by atoms with van der Waals surface area (Å²) in [6, 6.07) is 3.71. The molecule has 0 radical (unpaired) electrons. The SMILES string of the molecule is CCCC1CCN(S(=O)(=O)c2ccc(C(F)(F)F)cc2)CC1. The average molecular weight is 335 g/mol. The van der Waals surface area contributed by atoms with Crippen molar-refractivity contribution in [1.82, 2.24) is 4.31 Å². The Morgan fingerprint density at radius 1 is 1.14 bits per heavy atom. The molecule has 124 valence electrons. The van der Waals surface area contributed by atoms with Gasteiger partial charge in [-0.05, 0) is 43.0 Å². The van der Waals surface area contributed by atoms with Gasteiger partial charge in [0.1, 0.15) is 0 Å². The third-order valence-corrected chi connectivity index (χ3v) is 6.00. The monoisotopic (exact) mass is 335 g/mol. The lowest BCUT2D eigenvalue weighted by Crippen LogP contribution is -2.38. The number of nitrogens with zero attached hydrogens (tertiary/aromatic N) is 1. The van der Waals surface area contributed by atoms with E-state index < -0.39 is 21.8 Å². The molecule has 1 fully saturated rings. The van der Waals surface area contributed by atoms with Crippen LogP contribution in [0.2, 0.25) is 0 Å². The van der Waals surface area contributed by atoms with Crippen molar-refractivity contribution in [2.45, 2.75) is 43.7 Å². The number of halogens is 3. The summed E-state index contributed by atoms with van der Waals surface area (Å²) in [4.78, 5) is -0.0746. The molecule has 0 spiro atoms. The fourth-order valence-electron chi connectivity index (χ4n) is 2.81. The minimum atomic E-state index is -4.46. The second-order valence-corrected chi connectivity index (χ2v) is 7.60. The highest BCUT2D eigenvalue weighted by Crippen LogP contribution is 2.31. The van der Waals surface area contributed by atoms with Crippen LogP contribution in [0.5, 0.6) is 0 Å². The van der Waals surface area contributed by atoms with Crippen LogP contribution in [-0.2, 0) is 16.2 Å². The third-order valence-electron chi connectivity index (χ3n) is 4.09. The topological polar surface area (TPSA) is 37.4 Å². The molecule has 0 amide bonds. The molecule has 0 N–H and O–H groups in total. The lowest BCUT2D eigenvalue weighted by Gasteiger charge is -2.31. The van der Waals surface area contributed by atoms with Crippen molar-refractivity contribution in [2.24, 2.45) is 5.92 Å². The summed E-state index contributed by atoms with van der Waals surface area (Å²) in [7, 11) is -3.70. The van der Waals surface area contributed by atoms with Gasteiger partial charge in [0.2, 0.25) is 10.0 Å². The number of benzene rings is 1. The van der Waals surface area contributed by atoms with Gasteiger partial charge in [-0.15, -0.1) is 0 Å². The minimum absolute atomic E-state index is 0.0746. The van der Waals surface area contributed by atoms with E-state index in [1.54, 1.807) is 0 Å². The molecule has 0 bridgehead atoms. The van der Waals surface area contributed by atoms with Gasteiger partial charge in [-0.3, -0.25) is 0 Å². The van der Waals surface area contributed by atoms with Gasteiger partial charge in [0.15, 0.2) is 0 Å². The highest BCUT2D eigenvalue weighted by atomic mass is 32.2. The number of piperidine rings is 1. The number of alkyl halides is 3. The Hall–Kier alpha value is -1.08. The van der Waals surface area contributed by atoms with Crippen molar-refractivity contribution in [3.8, 4) is 0 Å². The summed E-state index contributed by atoms with van der Waals surface area (Å²) in [6.45, 7) is 2.98. The van der Waals surface area contributed by atoms with E-state index in [9.17, 15) is 21.6 Å². The maximum atomic E-state index is 12.5. The summed E-state index contributed by atoms with van der Waals surface area (Å²) >= 11 is 0. The fraction of sp³-hybridized carbons (Fsp3) is 0.600. The Labute approximate surface area is 129 Å². The zero-order valence-electron chi connectivity index (χ0n) is 12.4. The maximum absolute atomic E-state index is 12.5. The van der Waals surface area contributed by atoms with Gasteiger partial charge >= 0.3 is 6.18 Å². The molecule has 0 atom stereocenters. The average Bonchev–Trinajstić information content (AvgIpc) is 2.47. The van der Waals surface area contributed by atoms with E-state index in [0.717, 1.165) is 49.9 Å². The molecule has 0 saturated carbocycles. The van der Waals surface area contributed by atoms with Gasteiger partial charge in [-0.2, -0.15) is 17.5 Å². The third kappa shape index (κ3) is 3.81. The smallest absolute Gasteiger partial charge is 0.207 e. The molecule has 1 aromatic rings. The molecule has 7 heteroatoms. The Morgan fingerprint density at radius 3 is 2.14 bits per heavy atom. The molecule has 1 heterocycles. The van der Waals surface area contributed by atoms with Gasteiger partial charge in [0.05, 0.1) is 10.5 Å².